The van der Waals surface area contributed by atoms with Gasteiger partial charge in [-0.2, -0.15) is 0 Å². The fourth-order valence-corrected chi connectivity index (χ4v) is 5.90. The minimum Gasteiger partial charge on any atom is -0.496 e. The number of fused-ring (bicyclic) bond motifs is 1. The van der Waals surface area contributed by atoms with Gasteiger partial charge in [-0.1, -0.05) is 6.08 Å². The second kappa shape index (κ2) is 12.5. The number of morpholine rings is 1. The number of nitrogens with zero attached hydrogens (tertiary/aromatic N) is 4. The van der Waals surface area contributed by atoms with Crippen molar-refractivity contribution >= 4 is 26.8 Å². The van der Waals surface area contributed by atoms with Gasteiger partial charge < -0.3 is 33.9 Å². The highest BCUT2D eigenvalue weighted by atomic mass is 31.0. The van der Waals surface area contributed by atoms with Crippen molar-refractivity contribution in [2.24, 2.45) is 5.92 Å². The van der Waals surface area contributed by atoms with Crippen LogP contribution in [-0.4, -0.2) is 65.8 Å². The zero-order valence-corrected chi connectivity index (χ0v) is 26.0. The molecule has 222 valence electrons. The van der Waals surface area contributed by atoms with E-state index >= 15 is 0 Å². The number of aromatic nitrogens is 3. The van der Waals surface area contributed by atoms with Crippen LogP contribution in [0.2, 0.25) is 0 Å². The molecule has 0 bridgehead atoms. The first-order valence-corrected chi connectivity index (χ1v) is 14.6. The van der Waals surface area contributed by atoms with Crippen LogP contribution in [0.1, 0.15) is 30.8 Å². The van der Waals surface area contributed by atoms with E-state index in [1.54, 1.807) is 13.0 Å². The van der Waals surface area contributed by atoms with Crippen molar-refractivity contribution in [1.82, 2.24) is 24.8 Å². The Bertz CT molecular complexity index is 1600. The number of nitrogens with one attached hydrogen (secondary N) is 2. The molecule has 10 nitrogen and oxygen atoms in total. The predicted octanol–water partition coefficient (Wildman–Crippen LogP) is 3.74. The number of methoxy groups -OCH3 is 1. The maximum Gasteiger partial charge on any atom is 0.256 e. The minimum atomic E-state index is -0.409. The molecule has 3 aromatic heterocycles. The summed E-state index contributed by atoms with van der Waals surface area (Å²) in [7, 11) is 6.11. The van der Waals surface area contributed by atoms with Gasteiger partial charge in [0.25, 0.3) is 5.56 Å². The molecule has 1 amide bonds. The third-order valence-corrected chi connectivity index (χ3v) is 8.23. The van der Waals surface area contributed by atoms with E-state index in [0.717, 1.165) is 52.7 Å². The molecule has 2 N–H and O–H groups in total. The maximum atomic E-state index is 13.8. The molecule has 2 unspecified atom stereocenters. The van der Waals surface area contributed by atoms with Crippen molar-refractivity contribution in [3.05, 3.63) is 81.3 Å². The van der Waals surface area contributed by atoms with Crippen molar-refractivity contribution < 1.29 is 14.3 Å². The normalized spacial score (nSPS) is 17.2. The Kier molecular flexibility index (Phi) is 8.85. The summed E-state index contributed by atoms with van der Waals surface area (Å²) in [6.45, 7) is 8.83. The van der Waals surface area contributed by atoms with E-state index in [2.05, 4.69) is 58.5 Å². The van der Waals surface area contributed by atoms with E-state index < -0.39 is 5.92 Å². The van der Waals surface area contributed by atoms with E-state index in [1.807, 2.05) is 37.8 Å². The Hall–Kier alpha value is -3.88. The van der Waals surface area contributed by atoms with E-state index in [0.29, 0.717) is 36.6 Å². The molecule has 11 heteroatoms. The highest BCUT2D eigenvalue weighted by Crippen LogP contribution is 2.39. The smallest absolute Gasteiger partial charge is 0.256 e. The molecule has 0 spiro atoms. The van der Waals surface area contributed by atoms with Gasteiger partial charge in [-0.05, 0) is 65.6 Å². The third-order valence-electron chi connectivity index (χ3n) is 7.96. The maximum absolute atomic E-state index is 13.8. The molecule has 0 saturated carbocycles. The van der Waals surface area contributed by atoms with Crippen LogP contribution in [0, 0.1) is 12.8 Å². The predicted molar refractivity (Wildman–Crippen MR) is 168 cm³/mol. The van der Waals surface area contributed by atoms with Crippen molar-refractivity contribution in [2.45, 2.75) is 33.7 Å². The van der Waals surface area contributed by atoms with Gasteiger partial charge in [0.1, 0.15) is 11.6 Å². The van der Waals surface area contributed by atoms with E-state index in [1.165, 1.54) is 7.11 Å². The lowest BCUT2D eigenvalue weighted by Gasteiger charge is -2.36. The molecular formula is C31H39N6O4P. The number of carbonyl (C=O) groups excluding carboxylic acids is 1. The number of ether oxygens (including phenoxy) is 2. The lowest BCUT2D eigenvalue weighted by atomic mass is 9.88. The number of H-pyrrole nitrogens is 1. The van der Waals surface area contributed by atoms with Crippen LogP contribution in [-0.2, 0) is 22.5 Å². The van der Waals surface area contributed by atoms with Crippen molar-refractivity contribution in [3.63, 3.8) is 0 Å². The number of hydrogen-bond donors (Lipinski definition) is 2. The van der Waals surface area contributed by atoms with Gasteiger partial charge in [0.15, 0.2) is 0 Å². The largest absolute Gasteiger partial charge is 0.496 e. The Morgan fingerprint density at radius 1 is 1.26 bits per heavy atom. The molecule has 5 rings (SSSR count). The first-order chi connectivity index (χ1) is 20.2. The third kappa shape index (κ3) is 5.87. The molecule has 1 saturated heterocycles. The van der Waals surface area contributed by atoms with Crippen LogP contribution in [0.25, 0.3) is 16.8 Å². The fraction of sp³-hybridized carbons (Fsp3) is 0.387. The summed E-state index contributed by atoms with van der Waals surface area (Å²) in [5.41, 5.74) is 7.05. The number of pyridine rings is 2. The number of allylic oxidation sites excluding steroid dienone is 2. The molecular weight excluding hydrogens is 551 g/mol. The lowest BCUT2D eigenvalue weighted by Crippen LogP contribution is -2.39. The SMILES string of the molecule is C/C=C(/C1=C(C)C(C(=O)NCc2c(OC)cc(C)[nH]c2=O)Cc2cc(-c3ccnc(N(C)P)c3)cn21)N1CCOCC1. The molecule has 3 aromatic rings. The Morgan fingerprint density at radius 3 is 2.71 bits per heavy atom. The van der Waals surface area contributed by atoms with Gasteiger partial charge in [-0.3, -0.25) is 9.59 Å². The van der Waals surface area contributed by atoms with E-state index in [4.69, 9.17) is 9.47 Å². The molecule has 1 fully saturated rings. The molecule has 2 aliphatic heterocycles. The van der Waals surface area contributed by atoms with Crippen LogP contribution >= 0.6 is 9.39 Å². The Balaban J connectivity index is 1.53. The highest BCUT2D eigenvalue weighted by Gasteiger charge is 2.33. The number of anilines is 1. The van der Waals surface area contributed by atoms with Crippen molar-refractivity contribution in [1.29, 1.82) is 0 Å². The number of aromatic amines is 1. The molecule has 42 heavy (non-hydrogen) atoms. The zero-order valence-electron chi connectivity index (χ0n) is 24.9. The standard InChI is InChI=1S/C31H39N6O4P/c1-6-26(36-9-11-41-12-10-36)29-20(3)24(30(38)33-17-25-27(40-5)13-19(2)34-31(25)39)16-23-14-22(18-37(23)29)21-7-8-32-28(15-21)35(4)42/h6-8,13-15,18,24H,9-12,16-17,42H2,1-5H3,(H,33,38)(H,34,39)/b26-6-. The number of rotatable bonds is 8. The average molecular weight is 591 g/mol. The van der Waals surface area contributed by atoms with Gasteiger partial charge in [-0.15, -0.1) is 0 Å². The molecule has 2 aliphatic rings. The first-order valence-electron chi connectivity index (χ1n) is 14.1. The Labute approximate surface area is 248 Å². The molecule has 5 heterocycles. The van der Waals surface area contributed by atoms with Crippen molar-refractivity contribution in [2.75, 3.05) is 45.1 Å². The molecule has 0 aliphatic carbocycles. The van der Waals surface area contributed by atoms with Gasteiger partial charge in [0, 0.05) is 55.9 Å². The summed E-state index contributed by atoms with van der Waals surface area (Å²) >= 11 is 0. The number of hydrogen-bond acceptors (Lipinski definition) is 7. The van der Waals surface area contributed by atoms with Gasteiger partial charge in [-0.25, -0.2) is 4.98 Å². The zero-order chi connectivity index (χ0) is 30.0. The summed E-state index contributed by atoms with van der Waals surface area (Å²) < 4.78 is 15.2. The number of carbonyl (C=O) groups is 1. The van der Waals surface area contributed by atoms with E-state index in [9.17, 15) is 9.59 Å². The van der Waals surface area contributed by atoms with Crippen molar-refractivity contribution in [3.8, 4) is 16.9 Å². The van der Waals surface area contributed by atoms with Crippen LogP contribution in [0.4, 0.5) is 5.82 Å². The summed E-state index contributed by atoms with van der Waals surface area (Å²) in [6, 6.07) is 7.99. The second-order valence-electron chi connectivity index (χ2n) is 10.7. The first kappa shape index (κ1) is 29.6. The van der Waals surface area contributed by atoms with Gasteiger partial charge in [0.05, 0.1) is 49.7 Å². The highest BCUT2D eigenvalue weighted by molar-refractivity contribution is 7.18. The molecule has 0 aromatic carbocycles. The summed E-state index contributed by atoms with van der Waals surface area (Å²) in [4.78, 5) is 36.1. The van der Waals surface area contributed by atoms with Gasteiger partial charge in [0.2, 0.25) is 5.91 Å². The van der Waals surface area contributed by atoms with Gasteiger partial charge >= 0.3 is 0 Å². The van der Waals surface area contributed by atoms with Crippen LogP contribution in [0.3, 0.4) is 0 Å². The van der Waals surface area contributed by atoms with E-state index in [-0.39, 0.29) is 18.0 Å². The minimum absolute atomic E-state index is 0.0747. The second-order valence-corrected chi connectivity index (χ2v) is 11.5. The van der Waals surface area contributed by atoms with Crippen LogP contribution in [0.5, 0.6) is 5.75 Å². The lowest BCUT2D eigenvalue weighted by molar-refractivity contribution is -0.124. The van der Waals surface area contributed by atoms with Crippen LogP contribution in [0.15, 0.2) is 58.8 Å². The summed E-state index contributed by atoms with van der Waals surface area (Å²) in [6.07, 6.45) is 6.62. The quantitative estimate of drug-likeness (QED) is 0.385. The summed E-state index contributed by atoms with van der Waals surface area (Å²) in [5, 5.41) is 3.03. The fourth-order valence-electron chi connectivity index (χ4n) is 5.76. The Morgan fingerprint density at radius 2 is 2.02 bits per heavy atom. The molecule has 0 radical (unpaired) electrons. The van der Waals surface area contributed by atoms with Crippen LogP contribution < -0.4 is 20.3 Å². The topological polar surface area (TPSA) is 105 Å². The molecule has 2 atom stereocenters. The monoisotopic (exact) mass is 590 g/mol. The summed E-state index contributed by atoms with van der Waals surface area (Å²) in [5.74, 6) is 0.764. The number of aryl methyl sites for hydroxylation is 1. The average Bonchev–Trinajstić information content (AvgIpc) is 3.42. The number of amides is 1.